The number of nitrogens with two attached hydrogens (primary N) is 1. The summed E-state index contributed by atoms with van der Waals surface area (Å²) in [5.74, 6) is -15.9. The number of carbonyl (C=O) groups excluding carboxylic acids is 9. The number of aromatic nitrogens is 1. The van der Waals surface area contributed by atoms with Crippen LogP contribution in [0.25, 0.3) is 11.1 Å². The first-order valence-electron chi connectivity index (χ1n) is 37.7. The molecule has 11 bridgehead atoms. The molecule has 21 N–H and O–H groups in total. The first-order valence-corrected chi connectivity index (χ1v) is 39.2. The van der Waals surface area contributed by atoms with Gasteiger partial charge >= 0.3 is 0 Å². The highest BCUT2D eigenvalue weighted by molar-refractivity contribution is 6.35. The molecule has 14 rings (SSSR count). The molecule has 2 fully saturated rings. The number of hydroxylamine groups is 1. The number of primary amides is 1. The second-order valence-corrected chi connectivity index (χ2v) is 31.7. The molecule has 9 amide bonds. The lowest BCUT2D eigenvalue weighted by Crippen LogP contribution is -2.65. The molecule has 41 heteroatoms. The van der Waals surface area contributed by atoms with Crippen molar-refractivity contribution in [1.29, 1.82) is 0 Å². The number of halogens is 4. The van der Waals surface area contributed by atoms with Gasteiger partial charge in [0.05, 0.1) is 54.0 Å². The fourth-order valence-corrected chi connectivity index (χ4v) is 15.6. The molecule has 0 unspecified atom stereocenters. The maximum Gasteiger partial charge on any atom is 0.270 e. The molecule has 2 saturated heterocycles. The number of nitrogens with zero attached hydrogens (tertiary/aromatic N) is 1. The second kappa shape index (κ2) is 37.7. The van der Waals surface area contributed by atoms with Crippen molar-refractivity contribution in [3.63, 3.8) is 0 Å². The Morgan fingerprint density at radius 3 is 1.96 bits per heavy atom. The number of hydrogen-bond acceptors (Lipinski definition) is 28. The van der Waals surface area contributed by atoms with Crippen molar-refractivity contribution >= 4 is 105 Å². The summed E-state index contributed by atoms with van der Waals surface area (Å²) < 4.78 is 39.5. The van der Waals surface area contributed by atoms with Crippen molar-refractivity contribution in [1.82, 2.24) is 53.0 Å². The van der Waals surface area contributed by atoms with Gasteiger partial charge in [0.1, 0.15) is 95.5 Å². The topological polar surface area (TPSA) is 560 Å². The third-order valence-corrected chi connectivity index (χ3v) is 21.9. The summed E-state index contributed by atoms with van der Waals surface area (Å²) in [4.78, 5) is 142. The number of anilines is 1. The highest BCUT2D eigenvalue weighted by atomic mass is 35.5. The summed E-state index contributed by atoms with van der Waals surface area (Å²) in [5, 5.41) is 130. The van der Waals surface area contributed by atoms with Gasteiger partial charge < -0.3 is 128 Å². The number of phenols is 3. The van der Waals surface area contributed by atoms with E-state index in [0.29, 0.717) is 11.3 Å². The molecule has 0 radical (unpaired) electrons. The Hall–Kier alpha value is -10.8. The molecule has 0 aliphatic carbocycles. The minimum Gasteiger partial charge on any atom is -0.508 e. The maximum absolute atomic E-state index is 16.3. The van der Waals surface area contributed by atoms with Crippen molar-refractivity contribution in [2.75, 3.05) is 26.1 Å². The molecule has 37 nitrogen and oxygen atoms in total. The lowest BCUT2D eigenvalue weighted by atomic mass is 9.84. The van der Waals surface area contributed by atoms with Crippen molar-refractivity contribution in [3.05, 3.63) is 175 Å². The summed E-state index contributed by atoms with van der Waals surface area (Å²) in [7, 11) is 2.51. The van der Waals surface area contributed by atoms with Crippen LogP contribution in [0.3, 0.4) is 0 Å². The van der Waals surface area contributed by atoms with Crippen LogP contribution in [0, 0.1) is 5.92 Å². The third-order valence-electron chi connectivity index (χ3n) is 20.8. The van der Waals surface area contributed by atoms with Crippen LogP contribution in [0.2, 0.25) is 20.1 Å². The fraction of sp³-hybridized carbons (Fsp3) is 0.375. The highest BCUT2D eigenvalue weighted by Gasteiger charge is 2.52. The van der Waals surface area contributed by atoms with Gasteiger partial charge in [-0.25, -0.2) is 5.48 Å². The van der Waals surface area contributed by atoms with Crippen LogP contribution in [0.1, 0.15) is 121 Å². The van der Waals surface area contributed by atoms with Crippen molar-refractivity contribution < 1.29 is 122 Å². The van der Waals surface area contributed by atoms with Gasteiger partial charge in [0.25, 0.3) is 11.8 Å². The average molecular weight is 1760 g/mol. The van der Waals surface area contributed by atoms with Crippen molar-refractivity contribution in [3.8, 4) is 57.1 Å². The number of likely N-dealkylation sites (N-methyl/N-ethyl adjacent to an activating group) is 1. The first kappa shape index (κ1) is 89.4. The molecule has 0 saturated carbocycles. The predicted molar refractivity (Wildman–Crippen MR) is 428 cm³/mol. The van der Waals surface area contributed by atoms with E-state index in [1.807, 2.05) is 13.8 Å². The molecule has 8 heterocycles. The summed E-state index contributed by atoms with van der Waals surface area (Å²) >= 11 is 26.7. The zero-order valence-electron chi connectivity index (χ0n) is 65.0. The van der Waals surface area contributed by atoms with Gasteiger partial charge in [0.15, 0.2) is 23.9 Å². The number of rotatable bonds is 19. The number of ether oxygens (including phenoxy) is 6. The third kappa shape index (κ3) is 20.0. The molecule has 121 heavy (non-hydrogen) atoms. The molecular weight excluding hydrogens is 1670 g/mol. The second-order valence-electron chi connectivity index (χ2n) is 30.0. The zero-order valence-corrected chi connectivity index (χ0v) is 68.0. The Morgan fingerprint density at radius 1 is 0.694 bits per heavy atom. The lowest BCUT2D eigenvalue weighted by Gasteiger charge is -2.48. The van der Waals surface area contributed by atoms with Crippen LogP contribution in [-0.4, -0.2) is 204 Å². The van der Waals surface area contributed by atoms with E-state index in [2.05, 4.69) is 58.3 Å². The molecule has 644 valence electrons. The van der Waals surface area contributed by atoms with E-state index in [-0.39, 0.29) is 68.4 Å². The Kier molecular flexibility index (Phi) is 27.8. The molecular formula is C80H86Cl4N12O25. The monoisotopic (exact) mass is 1750 g/mol. The van der Waals surface area contributed by atoms with E-state index in [1.54, 1.807) is 13.0 Å². The molecule has 7 aromatic rings. The SMILES string of the molecule is CN[C@H](CC(C)C)C(=O)N[C@H]1C(=O)N[C@@H](CC(N)=O)C(=O)N[C@H]2C(=O)N[C@H]3C(=O)N[C@H](C(=O)N[C@@H](C(=O)NOC)c4cc(O)cc(O)c4-c4cc3ccc4O)[C@H](O)c3ccc(c(Cl)c3)Oc3cc2cc(c3O[C@@H]2O[C@H](CO)[C@@H](O)[C@H](O)[C@H]2O[C@H]2C[C@](C)(NCc3cncc(C(=O)Nc4cc(Cl)cc(Cl)c4)c3)[C@H](O)[C@H](C)O2)Oc2ccc(cc2Cl)[C@H]1O. The minimum absolute atomic E-state index is 0.0471. The fourth-order valence-electron chi connectivity index (χ4n) is 14.7. The molecule has 6 aromatic carbocycles. The van der Waals surface area contributed by atoms with Crippen LogP contribution in [-0.2, 0) is 63.9 Å². The van der Waals surface area contributed by atoms with Crippen LogP contribution >= 0.6 is 46.4 Å². The summed E-state index contributed by atoms with van der Waals surface area (Å²) in [6.45, 7) is 5.71. The Balaban J connectivity index is 1.03. The van der Waals surface area contributed by atoms with E-state index in [0.717, 1.165) is 73.8 Å². The maximum atomic E-state index is 16.3. The molecule has 0 spiro atoms. The minimum atomic E-state index is -2.38. The van der Waals surface area contributed by atoms with Crippen LogP contribution in [0.4, 0.5) is 5.69 Å². The van der Waals surface area contributed by atoms with Crippen molar-refractivity contribution in [2.24, 2.45) is 11.7 Å². The Bertz CT molecular complexity index is 5150. The number of hydrogen-bond donors (Lipinski definition) is 20. The van der Waals surface area contributed by atoms with Gasteiger partial charge in [-0.1, -0.05) is 78.5 Å². The van der Waals surface area contributed by atoms with E-state index < -0.39 is 243 Å². The molecule has 7 aliphatic heterocycles. The van der Waals surface area contributed by atoms with E-state index >= 15 is 24.0 Å². The molecule has 18 atom stereocenters. The van der Waals surface area contributed by atoms with E-state index in [4.69, 9.17) is 85.4 Å². The number of fused-ring (bicyclic) bond motifs is 15. The standard InChI is InChI=1S/C80H86Cl4N12O25/c1-31(2)13-47(86-5)72(108)94-62-64(102)35-8-11-51(45(83)16-35)117-53-18-37-19-54(68(53)121-79-69(67(105)66(104)55(30-97)119-79)120-57-26-80(4,70(106)32(3)116-57)88-28-33-14-38(29-87-27-33)71(107)89-41-21-39(81)20-40(82)22-41)118-52-12-9-36(17-46(52)84)65(103)63-77(113)93-61(78(114)96-115-6)44-23-42(98)24-50(100)58(44)43-15-34(7-10-49(43)99)59(74(110)95-63)92-75(111)60(37)91-73(109)48(25-56(85)101)90-76(62)112/h7-12,14-24,27,29,31-32,47-48,55,57,59-67,69-70,79,86,88,97-100,102-106H,13,25-26,28,30H2,1-6H3,(H2,85,101)(H,89,107)(H,90,112)(H,91,109)(H,92,111)(H,93,113)(H,94,108)(H,95,110)(H,96,114)/t32-,47+,48-,55+,57-,59+,60+,61+,62+,63-,64+,65+,66+,67-,69+,70+,79-,80-/m0/s1. The van der Waals surface area contributed by atoms with Gasteiger partial charge in [-0.2, -0.15) is 0 Å². The molecule has 7 aliphatic rings. The van der Waals surface area contributed by atoms with Gasteiger partial charge in [-0.05, 0) is 145 Å². The Morgan fingerprint density at radius 2 is 1.33 bits per heavy atom. The first-order chi connectivity index (χ1) is 57.4. The number of aliphatic hydroxyl groups excluding tert-OH is 6. The zero-order chi connectivity index (χ0) is 87.5. The van der Waals surface area contributed by atoms with Crippen molar-refractivity contribution in [2.45, 2.75) is 163 Å². The highest BCUT2D eigenvalue weighted by Crippen LogP contribution is 2.50. The lowest BCUT2D eigenvalue weighted by molar-refractivity contribution is -0.334. The quantitative estimate of drug-likeness (QED) is 0.0515. The van der Waals surface area contributed by atoms with Crippen LogP contribution in [0.15, 0.2) is 116 Å². The van der Waals surface area contributed by atoms with Gasteiger partial charge in [0, 0.05) is 63.8 Å². The average Bonchev–Trinajstić information content (AvgIpc) is 0.762. The summed E-state index contributed by atoms with van der Waals surface area (Å²) in [6, 6.07) is 5.70. The smallest absolute Gasteiger partial charge is 0.270 e. The predicted octanol–water partition coefficient (Wildman–Crippen LogP) is 3.48. The molecule has 1 aromatic heterocycles. The largest absolute Gasteiger partial charge is 0.508 e. The van der Waals surface area contributed by atoms with Gasteiger partial charge in [-0.3, -0.25) is 53.0 Å². The number of aromatic hydroxyl groups is 3. The van der Waals surface area contributed by atoms with Gasteiger partial charge in [-0.15, -0.1) is 0 Å². The summed E-state index contributed by atoms with van der Waals surface area (Å²) in [5.41, 5.74) is 4.72. The van der Waals surface area contributed by atoms with E-state index in [9.17, 15) is 65.1 Å². The Labute approximate surface area is 709 Å². The summed E-state index contributed by atoms with van der Waals surface area (Å²) in [6.07, 6.45) is -16.6. The number of carbonyl (C=O) groups is 9. The number of nitrogens with one attached hydrogen (secondary N) is 10. The normalized spacial score (nSPS) is 26.4. The number of aliphatic hydroxyl groups is 6. The van der Waals surface area contributed by atoms with Crippen LogP contribution in [0.5, 0.6) is 46.0 Å². The number of phenolic OH excluding ortho intramolecular Hbond substituents is 3. The van der Waals surface area contributed by atoms with E-state index in [1.165, 1.54) is 56.7 Å². The van der Waals surface area contributed by atoms with Crippen LogP contribution < -0.4 is 73.3 Å². The van der Waals surface area contributed by atoms with Gasteiger partial charge in [0.2, 0.25) is 53.4 Å². The number of benzene rings is 6. The number of pyridine rings is 1. The number of amides is 9.